The van der Waals surface area contributed by atoms with Gasteiger partial charge in [-0.2, -0.15) is 0 Å². The molecule has 2 aromatic carbocycles. The number of benzene rings is 2. The molecule has 1 aliphatic heterocycles. The molecule has 0 fully saturated rings. The Labute approximate surface area is 164 Å². The Hall–Kier alpha value is -2.47. The highest BCUT2D eigenvalue weighted by Crippen LogP contribution is 2.29. The molecule has 0 aliphatic carbocycles. The smallest absolute Gasteiger partial charge is 0.182 e. The number of ketones is 1. The van der Waals surface area contributed by atoms with Crippen molar-refractivity contribution < 1.29 is 14.3 Å². The number of Topliss-reactive ketones (excluding diaryl/α,β-unsaturated/α-hetero) is 1. The second-order valence-corrected chi connectivity index (χ2v) is 7.34. The number of ether oxygens (including phenoxy) is 2. The van der Waals surface area contributed by atoms with Crippen molar-refractivity contribution in [2.45, 2.75) is 13.3 Å². The topological polar surface area (TPSA) is 51.1 Å². The predicted molar refractivity (Wildman–Crippen MR) is 112 cm³/mol. The number of amidine groups is 1. The van der Waals surface area contributed by atoms with Gasteiger partial charge in [0.2, 0.25) is 0 Å². The van der Waals surface area contributed by atoms with Crippen LogP contribution in [0.5, 0.6) is 11.5 Å². The molecule has 0 radical (unpaired) electrons. The summed E-state index contributed by atoms with van der Waals surface area (Å²) in [5.41, 5.74) is 2.75. The van der Waals surface area contributed by atoms with E-state index >= 15 is 0 Å². The first-order chi connectivity index (χ1) is 13.1. The first-order valence-electron chi connectivity index (χ1n) is 8.89. The Morgan fingerprint density at radius 1 is 1.11 bits per heavy atom. The summed E-state index contributed by atoms with van der Waals surface area (Å²) in [4.78, 5) is 19.7. The summed E-state index contributed by atoms with van der Waals surface area (Å²) in [6.07, 6.45) is 1.07. The Morgan fingerprint density at radius 2 is 1.85 bits per heavy atom. The van der Waals surface area contributed by atoms with Crippen LogP contribution in [0.25, 0.3) is 0 Å². The largest absolute Gasteiger partial charge is 0.493 e. The molecule has 0 saturated heterocycles. The van der Waals surface area contributed by atoms with Gasteiger partial charge in [0, 0.05) is 23.5 Å². The van der Waals surface area contributed by atoms with Crippen molar-refractivity contribution in [2.75, 3.05) is 38.0 Å². The summed E-state index contributed by atoms with van der Waals surface area (Å²) in [6.45, 7) is 3.08. The van der Waals surface area contributed by atoms with Crippen LogP contribution >= 0.6 is 11.8 Å². The third-order valence-electron chi connectivity index (χ3n) is 4.36. The van der Waals surface area contributed by atoms with E-state index in [1.54, 1.807) is 44.2 Å². The van der Waals surface area contributed by atoms with Crippen molar-refractivity contribution >= 4 is 28.4 Å². The van der Waals surface area contributed by atoms with E-state index in [-0.39, 0.29) is 12.3 Å². The number of anilines is 1. The van der Waals surface area contributed by atoms with Crippen LogP contribution in [-0.4, -0.2) is 44.0 Å². The average Bonchev–Trinajstić information content (AvgIpc) is 2.72. The summed E-state index contributed by atoms with van der Waals surface area (Å²) >= 11 is 1.70. The number of aliphatic imine (C=N–C) groups is 1. The van der Waals surface area contributed by atoms with Gasteiger partial charge in [0.25, 0.3) is 0 Å². The lowest BCUT2D eigenvalue weighted by molar-refractivity contribution is 0.100. The molecule has 1 heterocycles. The molecule has 1 aliphatic rings. The molecule has 27 heavy (non-hydrogen) atoms. The van der Waals surface area contributed by atoms with Gasteiger partial charge in [-0.1, -0.05) is 29.5 Å². The van der Waals surface area contributed by atoms with Crippen molar-refractivity contribution in [3.63, 3.8) is 0 Å². The van der Waals surface area contributed by atoms with Gasteiger partial charge < -0.3 is 14.4 Å². The molecule has 142 valence electrons. The van der Waals surface area contributed by atoms with Gasteiger partial charge in [-0.15, -0.1) is 0 Å². The molecule has 0 saturated carbocycles. The first-order valence-corrected chi connectivity index (χ1v) is 9.87. The van der Waals surface area contributed by atoms with E-state index in [1.165, 1.54) is 5.56 Å². The first kappa shape index (κ1) is 19.3. The van der Waals surface area contributed by atoms with Crippen molar-refractivity contribution in [1.82, 2.24) is 0 Å². The Bertz CT molecular complexity index is 834. The Balaban J connectivity index is 1.88. The van der Waals surface area contributed by atoms with Crippen LogP contribution in [-0.2, 0) is 0 Å². The molecule has 0 aromatic heterocycles. The number of rotatable bonds is 6. The van der Waals surface area contributed by atoms with Crippen molar-refractivity contribution in [2.24, 2.45) is 4.99 Å². The van der Waals surface area contributed by atoms with E-state index in [0.29, 0.717) is 17.1 Å². The molecular formula is C21H24N2O3S. The van der Waals surface area contributed by atoms with E-state index in [1.807, 2.05) is 17.0 Å². The van der Waals surface area contributed by atoms with Crippen LogP contribution in [0.1, 0.15) is 22.3 Å². The van der Waals surface area contributed by atoms with Crippen molar-refractivity contribution in [3.05, 3.63) is 53.6 Å². The zero-order chi connectivity index (χ0) is 19.2. The van der Waals surface area contributed by atoms with Crippen LogP contribution in [0.15, 0.2) is 47.5 Å². The van der Waals surface area contributed by atoms with E-state index in [0.717, 1.165) is 29.6 Å². The highest BCUT2D eigenvalue weighted by atomic mass is 32.2. The second kappa shape index (κ2) is 8.95. The van der Waals surface area contributed by atoms with Gasteiger partial charge in [0.15, 0.2) is 22.4 Å². The summed E-state index contributed by atoms with van der Waals surface area (Å²) in [5.74, 6) is 2.18. The quantitative estimate of drug-likeness (QED) is 0.699. The van der Waals surface area contributed by atoms with Crippen LogP contribution in [0.2, 0.25) is 0 Å². The predicted octanol–water partition coefficient (Wildman–Crippen LogP) is 4.19. The highest BCUT2D eigenvalue weighted by molar-refractivity contribution is 8.14. The number of carbonyl (C=O) groups is 1. The fourth-order valence-electron chi connectivity index (χ4n) is 2.85. The zero-order valence-electron chi connectivity index (χ0n) is 15.9. The maximum atomic E-state index is 13.0. The van der Waals surface area contributed by atoms with Crippen molar-refractivity contribution in [1.29, 1.82) is 0 Å². The maximum absolute atomic E-state index is 13.0. The molecular weight excluding hydrogens is 360 g/mol. The van der Waals surface area contributed by atoms with E-state index < -0.39 is 0 Å². The Kier molecular flexibility index (Phi) is 6.40. The van der Waals surface area contributed by atoms with Crippen LogP contribution in [0.4, 0.5) is 5.69 Å². The fraction of sp³-hybridized carbons (Fsp3) is 0.333. The standard InChI is InChI=1S/C21H24N2O3S/c1-15-5-8-17(9-6-15)23(21-22-11-4-12-27-21)14-18(24)16-7-10-19(25-2)20(13-16)26-3/h5-10,13H,4,11-12,14H2,1-3H3. The molecule has 3 rings (SSSR count). The number of hydrogen-bond acceptors (Lipinski definition) is 6. The van der Waals surface area contributed by atoms with Crippen molar-refractivity contribution in [3.8, 4) is 11.5 Å². The van der Waals surface area contributed by atoms with Crippen LogP contribution < -0.4 is 14.4 Å². The number of methoxy groups -OCH3 is 2. The summed E-state index contributed by atoms with van der Waals surface area (Å²) in [6, 6.07) is 13.4. The molecule has 0 amide bonds. The minimum Gasteiger partial charge on any atom is -0.493 e. The molecule has 0 spiro atoms. The third-order valence-corrected chi connectivity index (χ3v) is 5.46. The number of carbonyl (C=O) groups excluding carboxylic acids is 1. The number of nitrogens with zero attached hydrogens (tertiary/aromatic N) is 2. The van der Waals surface area contributed by atoms with Gasteiger partial charge in [-0.05, 0) is 43.7 Å². The minimum absolute atomic E-state index is 0.00500. The normalized spacial score (nSPS) is 13.7. The monoisotopic (exact) mass is 384 g/mol. The van der Waals surface area contributed by atoms with Gasteiger partial charge in [-0.25, -0.2) is 0 Å². The van der Waals surface area contributed by atoms with E-state index in [4.69, 9.17) is 9.47 Å². The summed E-state index contributed by atoms with van der Waals surface area (Å²) < 4.78 is 10.6. The SMILES string of the molecule is COc1ccc(C(=O)CN(C2=NCCCS2)c2ccc(C)cc2)cc1OC. The molecule has 2 aromatic rings. The van der Waals surface area contributed by atoms with Crippen LogP contribution in [0.3, 0.4) is 0 Å². The minimum atomic E-state index is 0.00500. The lowest BCUT2D eigenvalue weighted by Gasteiger charge is -2.27. The molecule has 6 heteroatoms. The summed E-state index contributed by atoms with van der Waals surface area (Å²) in [7, 11) is 3.15. The summed E-state index contributed by atoms with van der Waals surface area (Å²) in [5, 5.41) is 0.902. The molecule has 0 unspecified atom stereocenters. The van der Waals surface area contributed by atoms with Gasteiger partial charge >= 0.3 is 0 Å². The van der Waals surface area contributed by atoms with E-state index in [9.17, 15) is 4.79 Å². The van der Waals surface area contributed by atoms with Crippen LogP contribution in [0, 0.1) is 6.92 Å². The third kappa shape index (κ3) is 4.63. The lowest BCUT2D eigenvalue weighted by atomic mass is 10.1. The molecule has 0 atom stereocenters. The lowest BCUT2D eigenvalue weighted by Crippen LogP contribution is -2.35. The number of thioether (sulfide) groups is 1. The van der Waals surface area contributed by atoms with Gasteiger partial charge in [0.1, 0.15) is 0 Å². The van der Waals surface area contributed by atoms with Gasteiger partial charge in [0.05, 0.1) is 20.8 Å². The average molecular weight is 385 g/mol. The molecule has 0 N–H and O–H groups in total. The fourth-order valence-corrected chi connectivity index (χ4v) is 3.81. The number of hydrogen-bond donors (Lipinski definition) is 0. The maximum Gasteiger partial charge on any atom is 0.182 e. The highest BCUT2D eigenvalue weighted by Gasteiger charge is 2.21. The zero-order valence-corrected chi connectivity index (χ0v) is 16.7. The molecule has 0 bridgehead atoms. The van der Waals surface area contributed by atoms with E-state index in [2.05, 4.69) is 24.0 Å². The molecule has 5 nitrogen and oxygen atoms in total. The second-order valence-electron chi connectivity index (χ2n) is 6.28. The number of aryl methyl sites for hydroxylation is 1. The van der Waals surface area contributed by atoms with Gasteiger partial charge in [-0.3, -0.25) is 9.79 Å². The Morgan fingerprint density at radius 3 is 2.48 bits per heavy atom.